The van der Waals surface area contributed by atoms with Crippen molar-refractivity contribution in [3.8, 4) is 0 Å². The van der Waals surface area contributed by atoms with Crippen molar-refractivity contribution < 1.29 is 19.1 Å². The van der Waals surface area contributed by atoms with Gasteiger partial charge in [0.2, 0.25) is 5.91 Å². The van der Waals surface area contributed by atoms with Gasteiger partial charge in [-0.05, 0) is 37.5 Å². The second-order valence-corrected chi connectivity index (χ2v) is 4.98. The second kappa shape index (κ2) is 6.50. The minimum absolute atomic E-state index is 0.120. The van der Waals surface area contributed by atoms with Crippen LogP contribution in [-0.2, 0) is 9.59 Å². The van der Waals surface area contributed by atoms with Gasteiger partial charge in [-0.2, -0.15) is 0 Å². The number of nitrogens with one attached hydrogen (secondary N) is 1. The summed E-state index contributed by atoms with van der Waals surface area (Å²) in [5.41, 5.74) is -0.234. The summed E-state index contributed by atoms with van der Waals surface area (Å²) < 4.78 is 13.4. The van der Waals surface area contributed by atoms with Crippen molar-refractivity contribution in [3.05, 3.63) is 29.6 Å². The lowest BCUT2D eigenvalue weighted by molar-refractivity contribution is -0.151. The molecule has 0 bridgehead atoms. The number of anilines is 1. The highest BCUT2D eigenvalue weighted by Gasteiger charge is 2.37. The van der Waals surface area contributed by atoms with E-state index in [0.717, 1.165) is 0 Å². The zero-order valence-electron chi connectivity index (χ0n) is 12.0. The zero-order chi connectivity index (χ0) is 15.3. The molecule has 0 atom stereocenters. The third-order valence-electron chi connectivity index (χ3n) is 3.76. The van der Waals surface area contributed by atoms with Crippen molar-refractivity contribution in [2.24, 2.45) is 5.41 Å². The molecular formula is C15H20FNO3. The van der Waals surface area contributed by atoms with E-state index in [9.17, 15) is 19.1 Å². The van der Waals surface area contributed by atoms with E-state index >= 15 is 0 Å². The van der Waals surface area contributed by atoms with Crippen LogP contribution >= 0.6 is 0 Å². The number of halogens is 1. The van der Waals surface area contributed by atoms with Crippen LogP contribution in [0.1, 0.15) is 38.7 Å². The van der Waals surface area contributed by atoms with Crippen LogP contribution in [0, 0.1) is 18.2 Å². The van der Waals surface area contributed by atoms with E-state index in [1.54, 1.807) is 32.9 Å². The van der Waals surface area contributed by atoms with Gasteiger partial charge in [0, 0.05) is 12.1 Å². The number of benzene rings is 1. The van der Waals surface area contributed by atoms with E-state index in [2.05, 4.69) is 5.32 Å². The molecule has 1 rings (SSSR count). The molecule has 0 radical (unpaired) electrons. The quantitative estimate of drug-likeness (QED) is 0.840. The van der Waals surface area contributed by atoms with Gasteiger partial charge in [0.1, 0.15) is 5.82 Å². The van der Waals surface area contributed by atoms with Crippen LogP contribution in [0.15, 0.2) is 18.2 Å². The Bertz CT molecular complexity index is 510. The molecule has 0 aromatic heterocycles. The minimum Gasteiger partial charge on any atom is -0.481 e. The molecule has 1 aromatic carbocycles. The van der Waals surface area contributed by atoms with Gasteiger partial charge >= 0.3 is 5.97 Å². The summed E-state index contributed by atoms with van der Waals surface area (Å²) in [7, 11) is 0. The first-order valence-corrected chi connectivity index (χ1v) is 6.64. The van der Waals surface area contributed by atoms with E-state index in [4.69, 9.17) is 0 Å². The average molecular weight is 281 g/mol. The number of hydrogen-bond donors (Lipinski definition) is 2. The molecular weight excluding hydrogens is 261 g/mol. The van der Waals surface area contributed by atoms with E-state index in [1.165, 1.54) is 6.07 Å². The lowest BCUT2D eigenvalue weighted by Gasteiger charge is -2.25. The van der Waals surface area contributed by atoms with Crippen LogP contribution in [0.3, 0.4) is 0 Å². The van der Waals surface area contributed by atoms with Gasteiger partial charge in [0.25, 0.3) is 0 Å². The van der Waals surface area contributed by atoms with E-state index in [-0.39, 0.29) is 6.42 Å². The Kier molecular flexibility index (Phi) is 5.25. The molecule has 1 amide bonds. The van der Waals surface area contributed by atoms with Gasteiger partial charge in [-0.15, -0.1) is 0 Å². The molecule has 0 saturated carbocycles. The standard InChI is InChI=1S/C15H20FNO3/c1-4-15(5-2,14(19)20)9-13(18)17-11-7-6-10(3)12(16)8-11/h6-8H,4-5,9H2,1-3H3,(H,17,18)(H,19,20). The predicted molar refractivity (Wildman–Crippen MR) is 75.0 cm³/mol. The summed E-state index contributed by atoms with van der Waals surface area (Å²) in [6, 6.07) is 4.39. The summed E-state index contributed by atoms with van der Waals surface area (Å²) in [5.74, 6) is -1.80. The number of carboxylic acids is 1. The monoisotopic (exact) mass is 281 g/mol. The Hall–Kier alpha value is -1.91. The van der Waals surface area contributed by atoms with Crippen LogP contribution in [0.4, 0.5) is 10.1 Å². The van der Waals surface area contributed by atoms with Crippen LogP contribution in [0.5, 0.6) is 0 Å². The summed E-state index contributed by atoms with van der Waals surface area (Å²) >= 11 is 0. The fraction of sp³-hybridized carbons (Fsp3) is 0.467. The Morgan fingerprint density at radius 2 is 1.90 bits per heavy atom. The smallest absolute Gasteiger partial charge is 0.310 e. The molecule has 4 nitrogen and oxygen atoms in total. The molecule has 110 valence electrons. The van der Waals surface area contributed by atoms with Crippen molar-refractivity contribution in [1.82, 2.24) is 0 Å². The molecule has 0 fully saturated rings. The van der Waals surface area contributed by atoms with Crippen molar-refractivity contribution in [2.75, 3.05) is 5.32 Å². The molecule has 0 heterocycles. The van der Waals surface area contributed by atoms with Crippen molar-refractivity contribution >= 4 is 17.6 Å². The zero-order valence-corrected chi connectivity index (χ0v) is 12.0. The summed E-state index contributed by atoms with van der Waals surface area (Å²) in [5, 5.41) is 11.8. The van der Waals surface area contributed by atoms with Crippen LogP contribution in [-0.4, -0.2) is 17.0 Å². The minimum atomic E-state index is -1.06. The van der Waals surface area contributed by atoms with E-state index in [0.29, 0.717) is 24.1 Å². The highest BCUT2D eigenvalue weighted by molar-refractivity contribution is 5.94. The van der Waals surface area contributed by atoms with Gasteiger partial charge in [-0.25, -0.2) is 4.39 Å². The summed E-state index contributed by atoms with van der Waals surface area (Å²) in [6.45, 7) is 5.12. The first-order valence-electron chi connectivity index (χ1n) is 6.64. The number of rotatable bonds is 6. The highest BCUT2D eigenvalue weighted by Crippen LogP contribution is 2.31. The molecule has 0 aliphatic heterocycles. The molecule has 0 aliphatic rings. The van der Waals surface area contributed by atoms with Crippen LogP contribution in [0.25, 0.3) is 0 Å². The van der Waals surface area contributed by atoms with E-state index < -0.39 is 23.1 Å². The number of aryl methyl sites for hydroxylation is 1. The van der Waals surface area contributed by atoms with Crippen LogP contribution in [0.2, 0.25) is 0 Å². The third-order valence-corrected chi connectivity index (χ3v) is 3.76. The molecule has 0 unspecified atom stereocenters. The topological polar surface area (TPSA) is 66.4 Å². The Morgan fingerprint density at radius 3 is 2.35 bits per heavy atom. The number of aliphatic carboxylic acids is 1. The number of carbonyl (C=O) groups excluding carboxylic acids is 1. The van der Waals surface area contributed by atoms with Crippen molar-refractivity contribution in [3.63, 3.8) is 0 Å². The maximum absolute atomic E-state index is 13.4. The van der Waals surface area contributed by atoms with Gasteiger partial charge in [-0.3, -0.25) is 9.59 Å². The van der Waals surface area contributed by atoms with Crippen molar-refractivity contribution in [1.29, 1.82) is 0 Å². The Balaban J connectivity index is 2.80. The highest BCUT2D eigenvalue weighted by atomic mass is 19.1. The molecule has 5 heteroatoms. The third kappa shape index (κ3) is 3.56. The van der Waals surface area contributed by atoms with Gasteiger partial charge in [0.05, 0.1) is 5.41 Å². The molecule has 1 aromatic rings. The van der Waals surface area contributed by atoms with Gasteiger partial charge in [0.15, 0.2) is 0 Å². The van der Waals surface area contributed by atoms with E-state index in [1.807, 2.05) is 0 Å². The lowest BCUT2D eigenvalue weighted by Crippen LogP contribution is -2.34. The number of hydrogen-bond acceptors (Lipinski definition) is 2. The average Bonchev–Trinajstić information content (AvgIpc) is 2.40. The molecule has 0 aliphatic carbocycles. The lowest BCUT2D eigenvalue weighted by atomic mass is 9.79. The number of amides is 1. The predicted octanol–water partition coefficient (Wildman–Crippen LogP) is 3.35. The van der Waals surface area contributed by atoms with Gasteiger partial charge in [-0.1, -0.05) is 19.9 Å². The molecule has 2 N–H and O–H groups in total. The first kappa shape index (κ1) is 16.1. The largest absolute Gasteiger partial charge is 0.481 e. The maximum atomic E-state index is 13.4. The molecule has 20 heavy (non-hydrogen) atoms. The van der Waals surface area contributed by atoms with Gasteiger partial charge < -0.3 is 10.4 Å². The fourth-order valence-electron chi connectivity index (χ4n) is 2.06. The Morgan fingerprint density at radius 1 is 1.30 bits per heavy atom. The van der Waals surface area contributed by atoms with Crippen LogP contribution < -0.4 is 5.32 Å². The SMILES string of the molecule is CCC(CC)(CC(=O)Nc1ccc(C)c(F)c1)C(=O)O. The molecule has 0 saturated heterocycles. The normalized spacial score (nSPS) is 11.2. The number of carbonyl (C=O) groups is 2. The fourth-order valence-corrected chi connectivity index (χ4v) is 2.06. The number of carboxylic acid groups (broad SMARTS) is 1. The summed E-state index contributed by atoms with van der Waals surface area (Å²) in [6.07, 6.45) is 0.619. The molecule has 0 spiro atoms. The van der Waals surface area contributed by atoms with Crippen molar-refractivity contribution in [2.45, 2.75) is 40.0 Å². The Labute approximate surface area is 118 Å². The maximum Gasteiger partial charge on any atom is 0.310 e. The summed E-state index contributed by atoms with van der Waals surface area (Å²) in [4.78, 5) is 23.3. The second-order valence-electron chi connectivity index (χ2n) is 4.98. The first-order chi connectivity index (χ1) is 9.34.